The van der Waals surface area contributed by atoms with Gasteiger partial charge in [0.1, 0.15) is 0 Å². The molecule has 3 heteroatoms. The highest BCUT2D eigenvalue weighted by Crippen LogP contribution is 2.33. The van der Waals surface area contributed by atoms with Crippen molar-refractivity contribution in [2.75, 3.05) is 0 Å². The first-order chi connectivity index (χ1) is 7.14. The molecule has 0 saturated carbocycles. The standard InChI is InChI=1S/C13H17F3/c1-5-9-6-10(12(2,3)4)8-11(7-9)13(14,15)16/h6-8H,5H2,1-4H3. The maximum Gasteiger partial charge on any atom is 0.416 e. The summed E-state index contributed by atoms with van der Waals surface area (Å²) in [6.45, 7) is 7.62. The first-order valence-corrected chi connectivity index (χ1v) is 5.36. The van der Waals surface area contributed by atoms with Gasteiger partial charge < -0.3 is 0 Å². The molecule has 16 heavy (non-hydrogen) atoms. The Morgan fingerprint density at radius 1 is 0.938 bits per heavy atom. The lowest BCUT2D eigenvalue weighted by molar-refractivity contribution is -0.137. The van der Waals surface area contributed by atoms with Gasteiger partial charge in [-0.3, -0.25) is 0 Å². The van der Waals surface area contributed by atoms with Crippen LogP contribution in [0.2, 0.25) is 0 Å². The Hall–Kier alpha value is -0.990. The minimum Gasteiger partial charge on any atom is -0.166 e. The van der Waals surface area contributed by atoms with E-state index in [2.05, 4.69) is 0 Å². The molecular formula is C13H17F3. The van der Waals surface area contributed by atoms with E-state index in [-0.39, 0.29) is 5.41 Å². The van der Waals surface area contributed by atoms with Crippen LogP contribution in [0, 0.1) is 0 Å². The van der Waals surface area contributed by atoms with Crippen molar-refractivity contribution in [3.63, 3.8) is 0 Å². The number of aryl methyl sites for hydroxylation is 1. The molecule has 0 atom stereocenters. The van der Waals surface area contributed by atoms with Gasteiger partial charge >= 0.3 is 6.18 Å². The first-order valence-electron chi connectivity index (χ1n) is 5.36. The molecule has 1 aromatic carbocycles. The number of alkyl halides is 3. The second-order valence-corrected chi connectivity index (χ2v) is 5.02. The van der Waals surface area contributed by atoms with E-state index >= 15 is 0 Å². The fraction of sp³-hybridized carbons (Fsp3) is 0.538. The lowest BCUT2D eigenvalue weighted by atomic mass is 9.84. The van der Waals surface area contributed by atoms with Gasteiger partial charge in [-0.15, -0.1) is 0 Å². The van der Waals surface area contributed by atoms with Crippen LogP contribution in [0.4, 0.5) is 13.2 Å². The number of halogens is 3. The molecule has 0 unspecified atom stereocenters. The van der Waals surface area contributed by atoms with Gasteiger partial charge in [0.15, 0.2) is 0 Å². The quantitative estimate of drug-likeness (QED) is 0.663. The molecule has 0 saturated heterocycles. The molecule has 1 rings (SSSR count). The normalized spacial score (nSPS) is 12.9. The first kappa shape index (κ1) is 13.1. The van der Waals surface area contributed by atoms with E-state index in [1.807, 2.05) is 33.8 Å². The SMILES string of the molecule is CCc1cc(C(C)(C)C)cc(C(F)(F)F)c1. The second kappa shape index (κ2) is 4.11. The molecule has 0 fully saturated rings. The van der Waals surface area contributed by atoms with E-state index in [0.29, 0.717) is 6.42 Å². The summed E-state index contributed by atoms with van der Waals surface area (Å²) in [5.74, 6) is 0. The largest absolute Gasteiger partial charge is 0.416 e. The fourth-order valence-corrected chi connectivity index (χ4v) is 1.49. The Bertz CT molecular complexity index is 337. The van der Waals surface area contributed by atoms with Crippen molar-refractivity contribution >= 4 is 0 Å². The Labute approximate surface area is 94.5 Å². The summed E-state index contributed by atoms with van der Waals surface area (Å²) in [6.07, 6.45) is -3.64. The Balaban J connectivity index is 3.33. The predicted molar refractivity (Wildman–Crippen MR) is 59.5 cm³/mol. The highest BCUT2D eigenvalue weighted by Gasteiger charge is 2.32. The number of rotatable bonds is 1. The monoisotopic (exact) mass is 230 g/mol. The summed E-state index contributed by atoms with van der Waals surface area (Å²) in [5, 5.41) is 0. The molecule has 0 nitrogen and oxygen atoms in total. The van der Waals surface area contributed by atoms with Gasteiger partial charge in [0.25, 0.3) is 0 Å². The van der Waals surface area contributed by atoms with Crippen molar-refractivity contribution in [1.82, 2.24) is 0 Å². The van der Waals surface area contributed by atoms with Gasteiger partial charge in [-0.05, 0) is 35.1 Å². The summed E-state index contributed by atoms with van der Waals surface area (Å²) < 4.78 is 38.0. The van der Waals surface area contributed by atoms with Crippen molar-refractivity contribution in [2.24, 2.45) is 0 Å². The van der Waals surface area contributed by atoms with Crippen molar-refractivity contribution in [2.45, 2.75) is 45.7 Å². The van der Waals surface area contributed by atoms with Gasteiger partial charge in [0, 0.05) is 0 Å². The highest BCUT2D eigenvalue weighted by molar-refractivity contribution is 5.35. The fourth-order valence-electron chi connectivity index (χ4n) is 1.49. The molecule has 0 spiro atoms. The molecule has 0 amide bonds. The van der Waals surface area contributed by atoms with Gasteiger partial charge in [-0.1, -0.05) is 33.8 Å². The van der Waals surface area contributed by atoms with Gasteiger partial charge in [-0.25, -0.2) is 0 Å². The zero-order valence-corrected chi connectivity index (χ0v) is 10.1. The van der Waals surface area contributed by atoms with Crippen LogP contribution >= 0.6 is 0 Å². The van der Waals surface area contributed by atoms with Crippen LogP contribution in [-0.4, -0.2) is 0 Å². The molecule has 0 heterocycles. The van der Waals surface area contributed by atoms with Crippen LogP contribution in [0.25, 0.3) is 0 Å². The van der Waals surface area contributed by atoms with E-state index in [1.54, 1.807) is 0 Å². The third-order valence-corrected chi connectivity index (χ3v) is 2.59. The summed E-state index contributed by atoms with van der Waals surface area (Å²) in [4.78, 5) is 0. The maximum atomic E-state index is 12.7. The summed E-state index contributed by atoms with van der Waals surface area (Å²) in [6, 6.07) is 4.34. The third kappa shape index (κ3) is 3.00. The van der Waals surface area contributed by atoms with Crippen LogP contribution in [-0.2, 0) is 18.0 Å². The molecule has 90 valence electrons. The number of benzene rings is 1. The van der Waals surface area contributed by atoms with E-state index in [4.69, 9.17) is 0 Å². The topological polar surface area (TPSA) is 0 Å². The third-order valence-electron chi connectivity index (χ3n) is 2.59. The van der Waals surface area contributed by atoms with Gasteiger partial charge in [-0.2, -0.15) is 13.2 Å². The van der Waals surface area contributed by atoms with E-state index < -0.39 is 11.7 Å². The van der Waals surface area contributed by atoms with Crippen LogP contribution < -0.4 is 0 Å². The molecule has 0 aliphatic rings. The van der Waals surface area contributed by atoms with E-state index in [0.717, 1.165) is 11.1 Å². The minimum atomic E-state index is -4.26. The smallest absolute Gasteiger partial charge is 0.166 e. The molecule has 0 radical (unpaired) electrons. The van der Waals surface area contributed by atoms with E-state index in [9.17, 15) is 13.2 Å². The molecular weight excluding hydrogens is 213 g/mol. The number of hydrogen-bond acceptors (Lipinski definition) is 0. The average Bonchev–Trinajstić information content (AvgIpc) is 2.14. The summed E-state index contributed by atoms with van der Waals surface area (Å²) in [5.41, 5.74) is 0.668. The molecule has 0 aliphatic carbocycles. The Morgan fingerprint density at radius 2 is 1.44 bits per heavy atom. The van der Waals surface area contributed by atoms with Crippen LogP contribution in [0.5, 0.6) is 0 Å². The van der Waals surface area contributed by atoms with Crippen LogP contribution in [0.3, 0.4) is 0 Å². The van der Waals surface area contributed by atoms with Crippen LogP contribution in [0.1, 0.15) is 44.4 Å². The molecule has 1 aromatic rings. The van der Waals surface area contributed by atoms with Crippen molar-refractivity contribution < 1.29 is 13.2 Å². The maximum absolute atomic E-state index is 12.7. The van der Waals surface area contributed by atoms with Crippen LogP contribution in [0.15, 0.2) is 18.2 Å². The summed E-state index contributed by atoms with van der Waals surface area (Å²) in [7, 11) is 0. The molecule has 0 aliphatic heterocycles. The zero-order chi connectivity index (χ0) is 12.6. The molecule has 0 bridgehead atoms. The molecule has 0 aromatic heterocycles. The predicted octanol–water partition coefficient (Wildman–Crippen LogP) is 4.57. The Morgan fingerprint density at radius 3 is 1.81 bits per heavy atom. The van der Waals surface area contributed by atoms with Crippen molar-refractivity contribution in [3.8, 4) is 0 Å². The molecule has 0 N–H and O–H groups in total. The van der Waals surface area contributed by atoms with Gasteiger partial charge in [0.2, 0.25) is 0 Å². The lowest BCUT2D eigenvalue weighted by Gasteiger charge is -2.21. The second-order valence-electron chi connectivity index (χ2n) is 5.02. The lowest BCUT2D eigenvalue weighted by Crippen LogP contribution is -2.14. The summed E-state index contributed by atoms with van der Waals surface area (Å²) >= 11 is 0. The van der Waals surface area contributed by atoms with Crippen molar-refractivity contribution in [1.29, 1.82) is 0 Å². The highest BCUT2D eigenvalue weighted by atomic mass is 19.4. The number of hydrogen-bond donors (Lipinski definition) is 0. The Kier molecular flexibility index (Phi) is 3.36. The van der Waals surface area contributed by atoms with Gasteiger partial charge in [0.05, 0.1) is 5.56 Å². The minimum absolute atomic E-state index is 0.259. The van der Waals surface area contributed by atoms with Crippen molar-refractivity contribution in [3.05, 3.63) is 34.9 Å². The average molecular weight is 230 g/mol. The van der Waals surface area contributed by atoms with E-state index in [1.165, 1.54) is 12.1 Å². The zero-order valence-electron chi connectivity index (χ0n) is 10.1.